The second kappa shape index (κ2) is 8.61. The molecule has 1 aliphatic carbocycles. The Balaban J connectivity index is 1.62. The van der Waals surface area contributed by atoms with E-state index in [4.69, 9.17) is 0 Å². The van der Waals surface area contributed by atoms with Gasteiger partial charge in [0.2, 0.25) is 0 Å². The fourth-order valence-corrected chi connectivity index (χ4v) is 3.18. The number of nitrogens with one attached hydrogen (secondary N) is 2. The Bertz CT molecular complexity index is 813. The zero-order valence-electron chi connectivity index (χ0n) is 15.5. The van der Waals surface area contributed by atoms with E-state index in [-0.39, 0.29) is 5.91 Å². The van der Waals surface area contributed by atoms with E-state index in [1.165, 1.54) is 24.8 Å². The van der Waals surface area contributed by atoms with Crippen LogP contribution in [0.25, 0.3) is 0 Å². The Labute approximate surface area is 155 Å². The molecule has 136 valence electrons. The second-order valence-electron chi connectivity index (χ2n) is 6.79. The SMILES string of the molecule is Cc1cccc(Nc2cc(C(=O)NCCC3=CCCCC3)nc(C)n2)c1. The normalized spacial score (nSPS) is 13.8. The van der Waals surface area contributed by atoms with Crippen LogP contribution in [0.3, 0.4) is 0 Å². The molecular formula is C21H26N4O. The van der Waals surface area contributed by atoms with Crippen LogP contribution in [0.5, 0.6) is 0 Å². The molecule has 26 heavy (non-hydrogen) atoms. The smallest absolute Gasteiger partial charge is 0.270 e. The van der Waals surface area contributed by atoms with Crippen molar-refractivity contribution in [2.24, 2.45) is 0 Å². The first-order chi connectivity index (χ1) is 12.6. The van der Waals surface area contributed by atoms with Gasteiger partial charge in [-0.1, -0.05) is 23.8 Å². The summed E-state index contributed by atoms with van der Waals surface area (Å²) in [7, 11) is 0. The van der Waals surface area contributed by atoms with Gasteiger partial charge >= 0.3 is 0 Å². The van der Waals surface area contributed by atoms with Crippen molar-refractivity contribution in [3.8, 4) is 0 Å². The largest absolute Gasteiger partial charge is 0.350 e. The summed E-state index contributed by atoms with van der Waals surface area (Å²) in [5, 5.41) is 6.22. The Kier molecular flexibility index (Phi) is 6.00. The first-order valence-electron chi connectivity index (χ1n) is 9.25. The molecule has 0 saturated carbocycles. The van der Waals surface area contributed by atoms with Crippen LogP contribution in [0.15, 0.2) is 42.0 Å². The summed E-state index contributed by atoms with van der Waals surface area (Å²) >= 11 is 0. The predicted octanol–water partition coefficient (Wildman–Crippen LogP) is 4.46. The van der Waals surface area contributed by atoms with Gasteiger partial charge in [0.05, 0.1) is 0 Å². The quantitative estimate of drug-likeness (QED) is 0.755. The van der Waals surface area contributed by atoms with Gasteiger partial charge in [0.15, 0.2) is 0 Å². The average molecular weight is 350 g/mol. The summed E-state index contributed by atoms with van der Waals surface area (Å²) in [6, 6.07) is 9.73. The molecule has 0 radical (unpaired) electrons. The van der Waals surface area contributed by atoms with E-state index in [1.54, 1.807) is 13.0 Å². The number of rotatable bonds is 6. The highest BCUT2D eigenvalue weighted by atomic mass is 16.1. The molecule has 1 heterocycles. The molecule has 0 spiro atoms. The number of anilines is 2. The van der Waals surface area contributed by atoms with Crippen LogP contribution in [0.1, 0.15) is 54.0 Å². The molecule has 5 nitrogen and oxygen atoms in total. The van der Waals surface area contributed by atoms with Crippen LogP contribution in [-0.2, 0) is 0 Å². The molecule has 1 amide bonds. The summed E-state index contributed by atoms with van der Waals surface area (Å²) in [6.45, 7) is 4.48. The molecule has 2 N–H and O–H groups in total. The van der Waals surface area contributed by atoms with Gasteiger partial charge in [0.25, 0.3) is 5.91 Å². The maximum absolute atomic E-state index is 12.4. The molecule has 5 heteroatoms. The van der Waals surface area contributed by atoms with Gasteiger partial charge < -0.3 is 10.6 Å². The number of benzene rings is 1. The van der Waals surface area contributed by atoms with E-state index in [9.17, 15) is 4.79 Å². The number of hydrogen-bond acceptors (Lipinski definition) is 4. The van der Waals surface area contributed by atoms with Gasteiger partial charge in [-0.25, -0.2) is 9.97 Å². The van der Waals surface area contributed by atoms with Crippen LogP contribution >= 0.6 is 0 Å². The van der Waals surface area contributed by atoms with Gasteiger partial charge in [-0.2, -0.15) is 0 Å². The lowest BCUT2D eigenvalue weighted by molar-refractivity contribution is 0.0948. The fourth-order valence-electron chi connectivity index (χ4n) is 3.18. The highest BCUT2D eigenvalue weighted by Crippen LogP contribution is 2.20. The molecule has 0 bridgehead atoms. The van der Waals surface area contributed by atoms with Crippen molar-refractivity contribution in [1.82, 2.24) is 15.3 Å². The number of carbonyl (C=O) groups is 1. The molecule has 1 aliphatic rings. The van der Waals surface area contributed by atoms with Crippen molar-refractivity contribution in [1.29, 1.82) is 0 Å². The Morgan fingerprint density at radius 3 is 2.81 bits per heavy atom. The van der Waals surface area contributed by atoms with Gasteiger partial charge in [-0.15, -0.1) is 0 Å². The maximum atomic E-state index is 12.4. The molecular weight excluding hydrogens is 324 g/mol. The zero-order chi connectivity index (χ0) is 18.4. The van der Waals surface area contributed by atoms with Crippen LogP contribution < -0.4 is 10.6 Å². The molecule has 3 rings (SSSR count). The van der Waals surface area contributed by atoms with Crippen LogP contribution in [0.2, 0.25) is 0 Å². The van der Waals surface area contributed by atoms with Crippen LogP contribution in [0, 0.1) is 13.8 Å². The molecule has 0 aliphatic heterocycles. The van der Waals surface area contributed by atoms with Crippen molar-refractivity contribution in [2.45, 2.75) is 46.0 Å². The molecule has 0 atom stereocenters. The van der Waals surface area contributed by atoms with E-state index in [0.29, 0.717) is 23.9 Å². The summed E-state index contributed by atoms with van der Waals surface area (Å²) in [5.41, 5.74) is 3.96. The third-order valence-electron chi connectivity index (χ3n) is 4.48. The number of allylic oxidation sites excluding steroid dienone is 1. The van der Waals surface area contributed by atoms with Gasteiger partial charge in [-0.3, -0.25) is 4.79 Å². The minimum atomic E-state index is -0.154. The van der Waals surface area contributed by atoms with E-state index < -0.39 is 0 Å². The van der Waals surface area contributed by atoms with Crippen LogP contribution in [0.4, 0.5) is 11.5 Å². The minimum absolute atomic E-state index is 0.154. The van der Waals surface area contributed by atoms with Crippen LogP contribution in [-0.4, -0.2) is 22.4 Å². The lowest BCUT2D eigenvalue weighted by Crippen LogP contribution is -2.26. The predicted molar refractivity (Wildman–Crippen MR) is 105 cm³/mol. The molecule has 1 aromatic heterocycles. The Morgan fingerprint density at radius 1 is 1.15 bits per heavy atom. The number of carbonyl (C=O) groups excluding carboxylic acids is 1. The van der Waals surface area contributed by atoms with Crippen molar-refractivity contribution in [2.75, 3.05) is 11.9 Å². The Hall–Kier alpha value is -2.69. The molecule has 0 fully saturated rings. The molecule has 2 aromatic rings. The average Bonchev–Trinajstić information content (AvgIpc) is 2.62. The topological polar surface area (TPSA) is 66.9 Å². The van der Waals surface area contributed by atoms with Crippen molar-refractivity contribution in [3.63, 3.8) is 0 Å². The summed E-state index contributed by atoms with van der Waals surface area (Å²) in [6.07, 6.45) is 8.11. The van der Waals surface area contributed by atoms with E-state index >= 15 is 0 Å². The number of aromatic nitrogens is 2. The third-order valence-corrected chi connectivity index (χ3v) is 4.48. The number of hydrogen-bond donors (Lipinski definition) is 2. The van der Waals surface area contributed by atoms with E-state index in [1.807, 2.05) is 31.2 Å². The monoisotopic (exact) mass is 350 g/mol. The number of amides is 1. The zero-order valence-corrected chi connectivity index (χ0v) is 15.5. The third kappa shape index (κ3) is 5.15. The van der Waals surface area contributed by atoms with E-state index in [2.05, 4.69) is 26.7 Å². The Morgan fingerprint density at radius 2 is 2.04 bits per heavy atom. The van der Waals surface area contributed by atoms with Crippen molar-refractivity contribution >= 4 is 17.4 Å². The summed E-state index contributed by atoms with van der Waals surface area (Å²) in [5.74, 6) is 1.05. The second-order valence-corrected chi connectivity index (χ2v) is 6.79. The van der Waals surface area contributed by atoms with Crippen molar-refractivity contribution < 1.29 is 4.79 Å². The fraction of sp³-hybridized carbons (Fsp3) is 0.381. The molecule has 1 aromatic carbocycles. The lowest BCUT2D eigenvalue weighted by atomic mass is 9.97. The van der Waals surface area contributed by atoms with Gasteiger partial charge in [0.1, 0.15) is 17.3 Å². The summed E-state index contributed by atoms with van der Waals surface area (Å²) in [4.78, 5) is 21.1. The first kappa shape index (κ1) is 18.1. The molecule has 0 unspecified atom stereocenters. The maximum Gasteiger partial charge on any atom is 0.270 e. The van der Waals surface area contributed by atoms with Gasteiger partial charge in [-0.05, 0) is 63.6 Å². The first-order valence-corrected chi connectivity index (χ1v) is 9.25. The minimum Gasteiger partial charge on any atom is -0.350 e. The number of nitrogens with zero attached hydrogens (tertiary/aromatic N) is 2. The van der Waals surface area contributed by atoms with Crippen molar-refractivity contribution in [3.05, 3.63) is 59.1 Å². The summed E-state index contributed by atoms with van der Waals surface area (Å²) < 4.78 is 0. The van der Waals surface area contributed by atoms with Gasteiger partial charge in [0, 0.05) is 18.3 Å². The van der Waals surface area contributed by atoms with E-state index in [0.717, 1.165) is 24.1 Å². The highest BCUT2D eigenvalue weighted by molar-refractivity contribution is 5.93. The molecule has 0 saturated heterocycles. The lowest BCUT2D eigenvalue weighted by Gasteiger charge is -2.13. The number of aryl methyl sites for hydroxylation is 2. The standard InChI is InChI=1S/C21H26N4O/c1-15-7-6-10-18(13-15)25-20-14-19(23-16(2)24-20)21(26)22-12-11-17-8-4-3-5-9-17/h6-8,10,13-14H,3-5,9,11-12H2,1-2H3,(H,22,26)(H,23,24,25). The highest BCUT2D eigenvalue weighted by Gasteiger charge is 2.11.